The number of amides is 2. The fourth-order valence-corrected chi connectivity index (χ4v) is 2.31. The van der Waals surface area contributed by atoms with Crippen LogP contribution in [0.2, 0.25) is 0 Å². The van der Waals surface area contributed by atoms with E-state index in [4.69, 9.17) is 10.5 Å². The molecule has 0 unspecified atom stereocenters. The Bertz CT molecular complexity index is 508. The summed E-state index contributed by atoms with van der Waals surface area (Å²) in [6.45, 7) is 6.55. The van der Waals surface area contributed by atoms with Gasteiger partial charge in [-0.15, -0.1) is 12.4 Å². The van der Waals surface area contributed by atoms with Crippen molar-refractivity contribution in [2.45, 2.75) is 33.6 Å². The van der Waals surface area contributed by atoms with Gasteiger partial charge >= 0.3 is 0 Å². The standard InChI is InChI=1S/C17H27N3O3.ClH/c1-4-17(5-2,12-18)16(22)19-11-15(21)20-13-7-9-14(10-8-13)23-6-3;/h7-10H,4-6,11-12,18H2,1-3H3,(H,19,22)(H,20,21);1H. The number of nitrogens with one attached hydrogen (secondary N) is 2. The summed E-state index contributed by atoms with van der Waals surface area (Å²) in [4.78, 5) is 24.2. The molecule has 4 N–H and O–H groups in total. The van der Waals surface area contributed by atoms with Gasteiger partial charge in [0.2, 0.25) is 11.8 Å². The molecule has 0 fully saturated rings. The highest BCUT2D eigenvalue weighted by Gasteiger charge is 2.33. The van der Waals surface area contributed by atoms with Crippen LogP contribution in [0.25, 0.3) is 0 Å². The van der Waals surface area contributed by atoms with E-state index < -0.39 is 5.41 Å². The average molecular weight is 358 g/mol. The third kappa shape index (κ3) is 6.02. The molecular formula is C17H28ClN3O3. The highest BCUT2D eigenvalue weighted by molar-refractivity contribution is 5.95. The molecule has 6 nitrogen and oxygen atoms in total. The van der Waals surface area contributed by atoms with Crippen molar-refractivity contribution in [3.8, 4) is 5.75 Å². The normalized spacial score (nSPS) is 10.5. The molecule has 0 saturated heterocycles. The first-order chi connectivity index (χ1) is 11.0. The van der Waals surface area contributed by atoms with Gasteiger partial charge in [0, 0.05) is 12.2 Å². The maximum Gasteiger partial charge on any atom is 0.243 e. The summed E-state index contributed by atoms with van der Waals surface area (Å²) in [6.07, 6.45) is 1.29. The Morgan fingerprint density at radius 3 is 2.17 bits per heavy atom. The van der Waals surface area contributed by atoms with Gasteiger partial charge in [-0.2, -0.15) is 0 Å². The van der Waals surface area contributed by atoms with Crippen molar-refractivity contribution in [3.05, 3.63) is 24.3 Å². The van der Waals surface area contributed by atoms with Crippen LogP contribution in [0.3, 0.4) is 0 Å². The largest absolute Gasteiger partial charge is 0.494 e. The fourth-order valence-electron chi connectivity index (χ4n) is 2.31. The molecule has 1 rings (SSSR count). The summed E-state index contributed by atoms with van der Waals surface area (Å²) >= 11 is 0. The number of ether oxygens (including phenoxy) is 1. The molecule has 0 atom stereocenters. The van der Waals surface area contributed by atoms with Gasteiger partial charge in [-0.25, -0.2) is 0 Å². The number of rotatable bonds is 9. The molecule has 0 heterocycles. The Hall–Kier alpha value is -1.79. The molecule has 0 spiro atoms. The number of nitrogens with two attached hydrogens (primary N) is 1. The molecule has 1 aromatic rings. The molecular weight excluding hydrogens is 330 g/mol. The predicted octanol–water partition coefficient (Wildman–Crippen LogP) is 2.33. The Balaban J connectivity index is 0.00000529. The second-order valence-corrected chi connectivity index (χ2v) is 5.38. The Morgan fingerprint density at radius 2 is 1.71 bits per heavy atom. The smallest absolute Gasteiger partial charge is 0.243 e. The number of carbonyl (C=O) groups is 2. The number of carbonyl (C=O) groups excluding carboxylic acids is 2. The minimum atomic E-state index is -0.598. The van der Waals surface area contributed by atoms with E-state index in [0.29, 0.717) is 25.1 Å². The van der Waals surface area contributed by atoms with Crippen LogP contribution in [-0.2, 0) is 9.59 Å². The SMILES string of the molecule is CCOc1ccc(NC(=O)CNC(=O)C(CC)(CC)CN)cc1.Cl. The summed E-state index contributed by atoms with van der Waals surface area (Å²) in [7, 11) is 0. The van der Waals surface area contributed by atoms with Crippen molar-refractivity contribution in [1.82, 2.24) is 5.32 Å². The highest BCUT2D eigenvalue weighted by atomic mass is 35.5. The zero-order valence-corrected chi connectivity index (χ0v) is 15.4. The van der Waals surface area contributed by atoms with Gasteiger partial charge in [-0.05, 0) is 44.0 Å². The lowest BCUT2D eigenvalue weighted by Gasteiger charge is -2.28. The molecule has 0 aromatic heterocycles. The zero-order chi connectivity index (χ0) is 17.3. The van der Waals surface area contributed by atoms with Gasteiger partial charge in [0.1, 0.15) is 5.75 Å². The zero-order valence-electron chi connectivity index (χ0n) is 14.6. The summed E-state index contributed by atoms with van der Waals surface area (Å²) in [5.41, 5.74) is 5.78. The van der Waals surface area contributed by atoms with Gasteiger partial charge in [0.25, 0.3) is 0 Å². The van der Waals surface area contributed by atoms with Crippen LogP contribution >= 0.6 is 12.4 Å². The molecule has 0 aliphatic rings. The first-order valence-corrected chi connectivity index (χ1v) is 8.02. The van der Waals surface area contributed by atoms with E-state index in [9.17, 15) is 9.59 Å². The van der Waals surface area contributed by atoms with Crippen molar-refractivity contribution in [3.63, 3.8) is 0 Å². The summed E-state index contributed by atoms with van der Waals surface area (Å²) in [5.74, 6) is 0.296. The van der Waals surface area contributed by atoms with Crippen LogP contribution in [0.15, 0.2) is 24.3 Å². The van der Waals surface area contributed by atoms with Crippen LogP contribution in [0, 0.1) is 5.41 Å². The number of hydrogen-bond donors (Lipinski definition) is 3. The summed E-state index contributed by atoms with van der Waals surface area (Å²) in [5, 5.41) is 5.40. The summed E-state index contributed by atoms with van der Waals surface area (Å²) < 4.78 is 5.34. The lowest BCUT2D eigenvalue weighted by molar-refractivity contribution is -0.132. The number of hydrogen-bond acceptors (Lipinski definition) is 4. The van der Waals surface area contributed by atoms with E-state index in [0.717, 1.165) is 5.75 Å². The van der Waals surface area contributed by atoms with E-state index in [2.05, 4.69) is 10.6 Å². The van der Waals surface area contributed by atoms with Gasteiger partial charge in [-0.3, -0.25) is 9.59 Å². The van der Waals surface area contributed by atoms with E-state index in [1.54, 1.807) is 24.3 Å². The minimum absolute atomic E-state index is 0. The first-order valence-electron chi connectivity index (χ1n) is 8.02. The Labute approximate surface area is 149 Å². The molecule has 0 saturated carbocycles. The molecule has 0 aliphatic carbocycles. The average Bonchev–Trinajstić information content (AvgIpc) is 2.57. The number of halogens is 1. The lowest BCUT2D eigenvalue weighted by atomic mass is 9.81. The van der Waals surface area contributed by atoms with Crippen molar-refractivity contribution in [1.29, 1.82) is 0 Å². The van der Waals surface area contributed by atoms with Gasteiger partial charge in [0.15, 0.2) is 0 Å². The minimum Gasteiger partial charge on any atom is -0.494 e. The van der Waals surface area contributed by atoms with Gasteiger partial charge in [0.05, 0.1) is 18.6 Å². The lowest BCUT2D eigenvalue weighted by Crippen LogP contribution is -2.47. The highest BCUT2D eigenvalue weighted by Crippen LogP contribution is 2.24. The van der Waals surface area contributed by atoms with Crippen LogP contribution in [0.4, 0.5) is 5.69 Å². The second kappa shape index (κ2) is 10.9. The molecule has 0 bridgehead atoms. The maximum atomic E-state index is 12.2. The van der Waals surface area contributed by atoms with E-state index in [-0.39, 0.29) is 37.3 Å². The van der Waals surface area contributed by atoms with Gasteiger partial charge < -0.3 is 21.1 Å². The fraction of sp³-hybridized carbons (Fsp3) is 0.529. The molecule has 136 valence electrons. The van der Waals surface area contributed by atoms with E-state index >= 15 is 0 Å². The number of benzene rings is 1. The molecule has 1 aromatic carbocycles. The summed E-state index contributed by atoms with van der Waals surface area (Å²) in [6, 6.07) is 7.08. The monoisotopic (exact) mass is 357 g/mol. The van der Waals surface area contributed by atoms with Crippen LogP contribution in [-0.4, -0.2) is 31.5 Å². The van der Waals surface area contributed by atoms with Crippen molar-refractivity contribution >= 4 is 29.9 Å². The molecule has 0 radical (unpaired) electrons. The Kier molecular flexibility index (Phi) is 10.1. The van der Waals surface area contributed by atoms with Crippen LogP contribution in [0.1, 0.15) is 33.6 Å². The third-order valence-electron chi connectivity index (χ3n) is 4.08. The van der Waals surface area contributed by atoms with Crippen molar-refractivity contribution in [2.75, 3.05) is 25.0 Å². The quantitative estimate of drug-likeness (QED) is 0.632. The van der Waals surface area contributed by atoms with E-state index in [1.807, 2.05) is 20.8 Å². The number of anilines is 1. The molecule has 2 amide bonds. The first kappa shape index (κ1) is 22.2. The van der Waals surface area contributed by atoms with Crippen LogP contribution < -0.4 is 21.1 Å². The molecule has 7 heteroatoms. The Morgan fingerprint density at radius 1 is 1.12 bits per heavy atom. The van der Waals surface area contributed by atoms with Gasteiger partial charge in [-0.1, -0.05) is 13.8 Å². The maximum absolute atomic E-state index is 12.2. The third-order valence-corrected chi connectivity index (χ3v) is 4.08. The van der Waals surface area contributed by atoms with Crippen LogP contribution in [0.5, 0.6) is 5.75 Å². The van der Waals surface area contributed by atoms with E-state index in [1.165, 1.54) is 0 Å². The van der Waals surface area contributed by atoms with Crippen molar-refractivity contribution < 1.29 is 14.3 Å². The topological polar surface area (TPSA) is 93.5 Å². The predicted molar refractivity (Wildman–Crippen MR) is 98.6 cm³/mol. The molecule has 24 heavy (non-hydrogen) atoms. The molecule has 0 aliphatic heterocycles. The second-order valence-electron chi connectivity index (χ2n) is 5.38. The van der Waals surface area contributed by atoms with Crippen molar-refractivity contribution in [2.24, 2.45) is 11.1 Å².